The van der Waals surface area contributed by atoms with Crippen LogP contribution in [0.5, 0.6) is 11.5 Å². The van der Waals surface area contributed by atoms with E-state index in [0.29, 0.717) is 18.9 Å². The lowest BCUT2D eigenvalue weighted by Gasteiger charge is -2.36. The van der Waals surface area contributed by atoms with E-state index in [1.807, 2.05) is 30.5 Å². The maximum atomic E-state index is 12.7. The monoisotopic (exact) mass is 434 g/mol. The predicted molar refractivity (Wildman–Crippen MR) is 118 cm³/mol. The summed E-state index contributed by atoms with van der Waals surface area (Å²) in [7, 11) is 0. The van der Waals surface area contributed by atoms with E-state index < -0.39 is 0 Å². The molecular weight excluding hydrogens is 408 g/mol. The standard InChI is InChI=1S/C23H26N6O3/c30-22(25-8-6-17-4-5-19-20(13-17)32-16-31-19)14-18-3-1-2-11-29(18)21-7-9-26-23(27-21)28-12-10-24-15-28/h4-5,7,9-10,12-13,15,18H,1-3,6,8,11,14,16H2,(H,25,30). The van der Waals surface area contributed by atoms with Gasteiger partial charge in [0, 0.05) is 44.1 Å². The van der Waals surface area contributed by atoms with Crippen molar-refractivity contribution in [2.75, 3.05) is 24.8 Å². The van der Waals surface area contributed by atoms with E-state index >= 15 is 0 Å². The van der Waals surface area contributed by atoms with Crippen molar-refractivity contribution in [3.63, 3.8) is 0 Å². The van der Waals surface area contributed by atoms with E-state index in [2.05, 4.69) is 20.2 Å². The van der Waals surface area contributed by atoms with Gasteiger partial charge < -0.3 is 19.7 Å². The van der Waals surface area contributed by atoms with Crippen LogP contribution in [0.25, 0.3) is 5.95 Å². The fourth-order valence-corrected chi connectivity index (χ4v) is 4.24. The molecule has 2 aromatic heterocycles. The zero-order valence-electron chi connectivity index (χ0n) is 17.8. The molecule has 0 saturated carbocycles. The Hall–Kier alpha value is -3.62. The first-order valence-corrected chi connectivity index (χ1v) is 11.0. The van der Waals surface area contributed by atoms with Gasteiger partial charge in [0.15, 0.2) is 11.5 Å². The summed E-state index contributed by atoms with van der Waals surface area (Å²) < 4.78 is 12.6. The van der Waals surface area contributed by atoms with Gasteiger partial charge in [-0.3, -0.25) is 9.36 Å². The number of rotatable bonds is 7. The summed E-state index contributed by atoms with van der Waals surface area (Å²) in [5, 5.41) is 3.07. The molecule has 1 unspecified atom stereocenters. The van der Waals surface area contributed by atoms with Crippen LogP contribution in [0.15, 0.2) is 49.2 Å². The number of aromatic nitrogens is 4. The summed E-state index contributed by atoms with van der Waals surface area (Å²) in [6.45, 7) is 1.74. The van der Waals surface area contributed by atoms with Crippen molar-refractivity contribution in [2.24, 2.45) is 0 Å². The highest BCUT2D eigenvalue weighted by molar-refractivity contribution is 5.77. The van der Waals surface area contributed by atoms with Gasteiger partial charge in [0.05, 0.1) is 0 Å². The molecule has 1 amide bonds. The van der Waals surface area contributed by atoms with Crippen LogP contribution in [0, 0.1) is 0 Å². The maximum Gasteiger partial charge on any atom is 0.236 e. The highest BCUT2D eigenvalue weighted by Gasteiger charge is 2.26. The molecular formula is C23H26N6O3. The largest absolute Gasteiger partial charge is 0.454 e. The van der Waals surface area contributed by atoms with Gasteiger partial charge >= 0.3 is 0 Å². The first-order valence-electron chi connectivity index (χ1n) is 11.0. The van der Waals surface area contributed by atoms with Gasteiger partial charge in [-0.2, -0.15) is 4.98 Å². The molecule has 2 aliphatic heterocycles. The number of hydrogen-bond donors (Lipinski definition) is 1. The fourth-order valence-electron chi connectivity index (χ4n) is 4.24. The van der Waals surface area contributed by atoms with Crippen LogP contribution in [-0.2, 0) is 11.2 Å². The Bertz CT molecular complexity index is 1070. The topological polar surface area (TPSA) is 94.4 Å². The van der Waals surface area contributed by atoms with E-state index in [4.69, 9.17) is 14.5 Å². The Labute approximate surface area is 186 Å². The first-order chi connectivity index (χ1) is 15.8. The molecule has 1 saturated heterocycles. The number of amides is 1. The van der Waals surface area contributed by atoms with Gasteiger partial charge in [0.2, 0.25) is 18.6 Å². The van der Waals surface area contributed by atoms with E-state index in [-0.39, 0.29) is 18.7 Å². The van der Waals surface area contributed by atoms with E-state index in [1.165, 1.54) is 0 Å². The van der Waals surface area contributed by atoms with Crippen molar-refractivity contribution < 1.29 is 14.3 Å². The van der Waals surface area contributed by atoms with Gasteiger partial charge in [-0.25, -0.2) is 9.97 Å². The van der Waals surface area contributed by atoms with Crippen LogP contribution >= 0.6 is 0 Å². The number of anilines is 1. The van der Waals surface area contributed by atoms with Crippen molar-refractivity contribution in [3.05, 3.63) is 54.7 Å². The minimum atomic E-state index is 0.0616. The highest BCUT2D eigenvalue weighted by atomic mass is 16.7. The lowest BCUT2D eigenvalue weighted by molar-refractivity contribution is -0.121. The number of nitrogens with zero attached hydrogens (tertiary/aromatic N) is 5. The number of carbonyl (C=O) groups excluding carboxylic acids is 1. The van der Waals surface area contributed by atoms with E-state index in [9.17, 15) is 4.79 Å². The van der Waals surface area contributed by atoms with Crippen LogP contribution < -0.4 is 19.7 Å². The lowest BCUT2D eigenvalue weighted by Crippen LogP contribution is -2.43. The van der Waals surface area contributed by atoms with Crippen molar-refractivity contribution in [3.8, 4) is 17.4 Å². The number of ether oxygens (including phenoxy) is 2. The molecule has 1 fully saturated rings. The fraction of sp³-hybridized carbons (Fsp3) is 0.391. The number of imidazole rings is 1. The Morgan fingerprint density at radius 2 is 2.09 bits per heavy atom. The third-order valence-corrected chi connectivity index (χ3v) is 5.88. The number of benzene rings is 1. The molecule has 9 heteroatoms. The third-order valence-electron chi connectivity index (χ3n) is 5.88. The van der Waals surface area contributed by atoms with E-state index in [1.54, 1.807) is 23.3 Å². The second-order valence-electron chi connectivity index (χ2n) is 8.02. The number of hydrogen-bond acceptors (Lipinski definition) is 7. The number of carbonyl (C=O) groups is 1. The summed E-state index contributed by atoms with van der Waals surface area (Å²) in [5.41, 5.74) is 1.11. The van der Waals surface area contributed by atoms with Crippen molar-refractivity contribution in [1.82, 2.24) is 24.8 Å². The summed E-state index contributed by atoms with van der Waals surface area (Å²) in [4.78, 5) is 28.0. The summed E-state index contributed by atoms with van der Waals surface area (Å²) in [6, 6.07) is 7.94. The van der Waals surface area contributed by atoms with Crippen LogP contribution in [-0.4, -0.2) is 51.4 Å². The first kappa shape index (κ1) is 20.3. The minimum absolute atomic E-state index is 0.0616. The Balaban J connectivity index is 1.18. The molecule has 9 nitrogen and oxygen atoms in total. The smallest absolute Gasteiger partial charge is 0.236 e. The Kier molecular flexibility index (Phi) is 5.87. The van der Waals surface area contributed by atoms with Crippen molar-refractivity contribution in [1.29, 1.82) is 0 Å². The Morgan fingerprint density at radius 1 is 1.16 bits per heavy atom. The summed E-state index contributed by atoms with van der Waals surface area (Å²) in [5.74, 6) is 3.04. The molecule has 32 heavy (non-hydrogen) atoms. The van der Waals surface area contributed by atoms with Crippen LogP contribution in [0.1, 0.15) is 31.2 Å². The van der Waals surface area contributed by atoms with Gasteiger partial charge in [-0.15, -0.1) is 0 Å². The average molecular weight is 435 g/mol. The van der Waals surface area contributed by atoms with Gasteiger partial charge in [0.25, 0.3) is 0 Å². The molecule has 0 spiro atoms. The normalized spacial score (nSPS) is 17.4. The number of fused-ring (bicyclic) bond motifs is 1. The predicted octanol–water partition coefficient (Wildman–Crippen LogP) is 2.50. The minimum Gasteiger partial charge on any atom is -0.454 e. The molecule has 2 aliphatic rings. The molecule has 4 heterocycles. The Morgan fingerprint density at radius 3 is 3.00 bits per heavy atom. The van der Waals surface area contributed by atoms with Crippen molar-refractivity contribution >= 4 is 11.7 Å². The second kappa shape index (κ2) is 9.25. The summed E-state index contributed by atoms with van der Waals surface area (Å²) in [6.07, 6.45) is 11.3. The van der Waals surface area contributed by atoms with Crippen molar-refractivity contribution in [2.45, 2.75) is 38.1 Å². The molecule has 0 bridgehead atoms. The SMILES string of the molecule is O=C(CC1CCCCN1c1ccnc(-n2ccnc2)n1)NCCc1ccc2c(c1)OCO2. The number of piperidine rings is 1. The maximum absolute atomic E-state index is 12.7. The van der Waals surface area contributed by atoms with Crippen LogP contribution in [0.3, 0.4) is 0 Å². The zero-order valence-corrected chi connectivity index (χ0v) is 17.8. The number of nitrogens with one attached hydrogen (secondary N) is 1. The second-order valence-corrected chi connectivity index (χ2v) is 8.02. The van der Waals surface area contributed by atoms with Gasteiger partial charge in [-0.1, -0.05) is 6.07 Å². The third kappa shape index (κ3) is 4.51. The van der Waals surface area contributed by atoms with Crippen LogP contribution in [0.2, 0.25) is 0 Å². The molecule has 0 radical (unpaired) electrons. The van der Waals surface area contributed by atoms with Crippen LogP contribution in [0.4, 0.5) is 5.82 Å². The molecule has 1 atom stereocenters. The molecule has 1 aromatic carbocycles. The zero-order chi connectivity index (χ0) is 21.8. The molecule has 3 aromatic rings. The van der Waals surface area contributed by atoms with E-state index in [0.717, 1.165) is 55.1 Å². The molecule has 166 valence electrons. The highest BCUT2D eigenvalue weighted by Crippen LogP contribution is 2.32. The average Bonchev–Trinajstić information content (AvgIpc) is 3.52. The molecule has 1 N–H and O–H groups in total. The van der Waals surface area contributed by atoms with Gasteiger partial charge in [-0.05, 0) is 49.4 Å². The summed E-state index contributed by atoms with van der Waals surface area (Å²) >= 11 is 0. The lowest BCUT2D eigenvalue weighted by atomic mass is 9.99. The molecule has 5 rings (SSSR count). The van der Waals surface area contributed by atoms with Gasteiger partial charge in [0.1, 0.15) is 12.1 Å². The molecule has 0 aliphatic carbocycles. The quantitative estimate of drug-likeness (QED) is 0.611.